The van der Waals surface area contributed by atoms with Crippen LogP contribution in [0.3, 0.4) is 0 Å². The molecule has 1 amide bonds. The maximum absolute atomic E-state index is 12.1. The Morgan fingerprint density at radius 3 is 2.25 bits per heavy atom. The van der Waals surface area contributed by atoms with Gasteiger partial charge in [0.25, 0.3) is 0 Å². The van der Waals surface area contributed by atoms with E-state index in [1.165, 1.54) is 0 Å². The van der Waals surface area contributed by atoms with Gasteiger partial charge in [-0.1, -0.05) is 0 Å². The number of likely N-dealkylation sites (tertiary alicyclic amines) is 1. The van der Waals surface area contributed by atoms with Crippen LogP contribution in [0.5, 0.6) is 0 Å². The van der Waals surface area contributed by atoms with Crippen LogP contribution >= 0.6 is 0 Å². The standard InChI is InChI=1S/C11H20N2O3/c1-12(2)9(8-10(14)15)11(16)13-6-4-3-5-7-13/h9H,3-8H2,1-2H3,(H,14,15)/t9-/m0/s1. The van der Waals surface area contributed by atoms with Gasteiger partial charge in [-0.3, -0.25) is 14.5 Å². The number of nitrogens with zero attached hydrogens (tertiary/aromatic N) is 2. The van der Waals surface area contributed by atoms with E-state index in [9.17, 15) is 9.59 Å². The molecule has 0 aromatic rings. The van der Waals surface area contributed by atoms with E-state index in [1.54, 1.807) is 23.9 Å². The molecule has 1 aliphatic rings. The molecule has 0 aromatic heterocycles. The van der Waals surface area contributed by atoms with Gasteiger partial charge < -0.3 is 10.0 Å². The van der Waals surface area contributed by atoms with Crippen LogP contribution in [-0.2, 0) is 9.59 Å². The highest BCUT2D eigenvalue weighted by molar-refractivity contribution is 5.86. The number of carbonyl (C=O) groups excluding carboxylic acids is 1. The van der Waals surface area contributed by atoms with Crippen LogP contribution in [0, 0.1) is 0 Å². The van der Waals surface area contributed by atoms with E-state index in [1.807, 2.05) is 0 Å². The fraction of sp³-hybridized carbons (Fsp3) is 0.818. The maximum atomic E-state index is 12.1. The number of hydrogen-bond donors (Lipinski definition) is 1. The largest absolute Gasteiger partial charge is 0.481 e. The molecule has 1 saturated heterocycles. The SMILES string of the molecule is CN(C)[C@@H](CC(=O)O)C(=O)N1CCCCC1. The van der Waals surface area contributed by atoms with Crippen molar-refractivity contribution in [1.29, 1.82) is 0 Å². The lowest BCUT2D eigenvalue weighted by Crippen LogP contribution is -2.48. The molecule has 5 nitrogen and oxygen atoms in total. The minimum absolute atomic E-state index is 0.0490. The maximum Gasteiger partial charge on any atom is 0.305 e. The van der Waals surface area contributed by atoms with Gasteiger partial charge >= 0.3 is 5.97 Å². The van der Waals surface area contributed by atoms with Crippen LogP contribution in [0.15, 0.2) is 0 Å². The molecule has 0 aromatic carbocycles. The van der Waals surface area contributed by atoms with Crippen LogP contribution in [-0.4, -0.2) is 60.0 Å². The molecule has 0 radical (unpaired) electrons. The zero-order valence-electron chi connectivity index (χ0n) is 9.98. The van der Waals surface area contributed by atoms with Gasteiger partial charge in [0, 0.05) is 13.1 Å². The van der Waals surface area contributed by atoms with Crippen molar-refractivity contribution in [2.75, 3.05) is 27.2 Å². The van der Waals surface area contributed by atoms with Crippen LogP contribution < -0.4 is 0 Å². The summed E-state index contributed by atoms with van der Waals surface area (Å²) in [5.41, 5.74) is 0. The smallest absolute Gasteiger partial charge is 0.305 e. The second-order valence-corrected chi connectivity index (χ2v) is 4.46. The van der Waals surface area contributed by atoms with E-state index in [0.29, 0.717) is 0 Å². The molecule has 1 atom stereocenters. The average Bonchev–Trinajstić information content (AvgIpc) is 2.25. The first kappa shape index (κ1) is 13.0. The summed E-state index contributed by atoms with van der Waals surface area (Å²) in [6.07, 6.45) is 3.09. The third-order valence-electron chi connectivity index (χ3n) is 2.94. The molecular weight excluding hydrogens is 208 g/mol. The molecule has 0 unspecified atom stereocenters. The second kappa shape index (κ2) is 5.84. The van der Waals surface area contributed by atoms with E-state index < -0.39 is 12.0 Å². The number of carboxylic acid groups (broad SMARTS) is 1. The van der Waals surface area contributed by atoms with Crippen molar-refractivity contribution >= 4 is 11.9 Å². The number of amides is 1. The Morgan fingerprint density at radius 2 is 1.81 bits per heavy atom. The number of piperidine rings is 1. The van der Waals surface area contributed by atoms with Gasteiger partial charge in [-0.15, -0.1) is 0 Å². The predicted molar refractivity (Wildman–Crippen MR) is 60.2 cm³/mol. The van der Waals surface area contributed by atoms with Crippen molar-refractivity contribution in [2.45, 2.75) is 31.7 Å². The number of carboxylic acids is 1. The Kier molecular flexibility index (Phi) is 4.73. The summed E-state index contributed by atoms with van der Waals surface area (Å²) >= 11 is 0. The molecular formula is C11H20N2O3. The van der Waals surface area contributed by atoms with E-state index in [2.05, 4.69) is 0 Å². The topological polar surface area (TPSA) is 60.9 Å². The molecule has 5 heteroatoms. The number of aliphatic carboxylic acids is 1. The van der Waals surface area contributed by atoms with E-state index in [4.69, 9.17) is 5.11 Å². The highest BCUT2D eigenvalue weighted by Crippen LogP contribution is 2.13. The van der Waals surface area contributed by atoms with Crippen molar-refractivity contribution in [3.05, 3.63) is 0 Å². The van der Waals surface area contributed by atoms with Gasteiger partial charge in [0.2, 0.25) is 5.91 Å². The van der Waals surface area contributed by atoms with Gasteiger partial charge in [0.05, 0.1) is 12.5 Å². The van der Waals surface area contributed by atoms with Gasteiger partial charge in [0.15, 0.2) is 0 Å². The van der Waals surface area contributed by atoms with Crippen LogP contribution in [0.25, 0.3) is 0 Å². The van der Waals surface area contributed by atoms with Crippen molar-refractivity contribution in [3.8, 4) is 0 Å². The Labute approximate surface area is 96.0 Å². The highest BCUT2D eigenvalue weighted by Gasteiger charge is 2.28. The summed E-state index contributed by atoms with van der Waals surface area (Å²) < 4.78 is 0. The Bertz CT molecular complexity index is 260. The van der Waals surface area contributed by atoms with E-state index >= 15 is 0 Å². The molecule has 1 fully saturated rings. The minimum Gasteiger partial charge on any atom is -0.481 e. The summed E-state index contributed by atoms with van der Waals surface area (Å²) in [5.74, 6) is -0.976. The predicted octanol–water partition coefficient (Wildman–Crippen LogP) is 0.404. The summed E-state index contributed by atoms with van der Waals surface area (Å²) in [5, 5.41) is 8.78. The zero-order chi connectivity index (χ0) is 12.1. The molecule has 92 valence electrons. The van der Waals surface area contributed by atoms with Crippen LogP contribution in [0.2, 0.25) is 0 Å². The monoisotopic (exact) mass is 228 g/mol. The molecule has 0 saturated carbocycles. The normalized spacial score (nSPS) is 18.6. The number of rotatable bonds is 4. The van der Waals surface area contributed by atoms with Gasteiger partial charge in [-0.2, -0.15) is 0 Å². The lowest BCUT2D eigenvalue weighted by Gasteiger charge is -2.32. The fourth-order valence-corrected chi connectivity index (χ4v) is 1.98. The molecule has 0 spiro atoms. The lowest BCUT2D eigenvalue weighted by molar-refractivity contribution is -0.145. The van der Waals surface area contributed by atoms with Crippen molar-refractivity contribution in [1.82, 2.24) is 9.80 Å². The number of carbonyl (C=O) groups is 2. The molecule has 16 heavy (non-hydrogen) atoms. The summed E-state index contributed by atoms with van der Waals surface area (Å²) in [7, 11) is 3.49. The number of likely N-dealkylation sites (N-methyl/N-ethyl adjacent to an activating group) is 1. The Hall–Kier alpha value is -1.10. The first-order valence-corrected chi connectivity index (χ1v) is 5.69. The average molecular weight is 228 g/mol. The third-order valence-corrected chi connectivity index (χ3v) is 2.94. The molecule has 0 aliphatic carbocycles. The molecule has 1 aliphatic heterocycles. The highest BCUT2D eigenvalue weighted by atomic mass is 16.4. The molecule has 1 heterocycles. The van der Waals surface area contributed by atoms with Gasteiger partial charge in [-0.05, 0) is 33.4 Å². The third kappa shape index (κ3) is 3.48. The molecule has 0 bridgehead atoms. The van der Waals surface area contributed by atoms with Crippen molar-refractivity contribution in [2.24, 2.45) is 0 Å². The molecule has 1 rings (SSSR count). The fourth-order valence-electron chi connectivity index (χ4n) is 1.98. The summed E-state index contributed by atoms with van der Waals surface area (Å²) in [6.45, 7) is 1.53. The summed E-state index contributed by atoms with van der Waals surface area (Å²) in [6, 6.07) is -0.532. The first-order valence-electron chi connectivity index (χ1n) is 5.69. The van der Waals surface area contributed by atoms with Gasteiger partial charge in [-0.25, -0.2) is 0 Å². The van der Waals surface area contributed by atoms with Crippen LogP contribution in [0.1, 0.15) is 25.7 Å². The van der Waals surface area contributed by atoms with Crippen molar-refractivity contribution < 1.29 is 14.7 Å². The lowest BCUT2D eigenvalue weighted by atomic mass is 10.1. The van der Waals surface area contributed by atoms with Crippen LogP contribution in [0.4, 0.5) is 0 Å². The number of hydrogen-bond acceptors (Lipinski definition) is 3. The van der Waals surface area contributed by atoms with E-state index in [-0.39, 0.29) is 12.3 Å². The van der Waals surface area contributed by atoms with E-state index in [0.717, 1.165) is 32.4 Å². The van der Waals surface area contributed by atoms with Gasteiger partial charge in [0.1, 0.15) is 0 Å². The first-order chi connectivity index (χ1) is 7.52. The summed E-state index contributed by atoms with van der Waals surface area (Å²) in [4.78, 5) is 26.3. The van der Waals surface area contributed by atoms with Crippen molar-refractivity contribution in [3.63, 3.8) is 0 Å². The second-order valence-electron chi connectivity index (χ2n) is 4.46. The quantitative estimate of drug-likeness (QED) is 0.757. The Balaban J connectivity index is 2.61. The Morgan fingerprint density at radius 1 is 1.25 bits per heavy atom. The zero-order valence-corrected chi connectivity index (χ0v) is 9.98. The minimum atomic E-state index is -0.927. The molecule has 1 N–H and O–H groups in total.